The number of anilines is 1. The molecule has 0 bridgehead atoms. The van der Waals surface area contributed by atoms with E-state index >= 15 is 0 Å². The van der Waals surface area contributed by atoms with Crippen LogP contribution in [0.15, 0.2) is 10.6 Å². The summed E-state index contributed by atoms with van der Waals surface area (Å²) in [5, 5.41) is 6.41. The van der Waals surface area contributed by atoms with Gasteiger partial charge in [0.15, 0.2) is 15.7 Å². The molecule has 0 aliphatic carbocycles. The highest BCUT2D eigenvalue weighted by atomic mass is 32.2. The average Bonchev–Trinajstić information content (AvgIpc) is 2.96. The fraction of sp³-hybridized carbons (Fsp3) is 0.765. The van der Waals surface area contributed by atoms with E-state index in [1.54, 1.807) is 13.0 Å². The van der Waals surface area contributed by atoms with E-state index in [1.807, 2.05) is 20.8 Å². The Labute approximate surface area is 149 Å². The predicted octanol–water partition coefficient (Wildman–Crippen LogP) is 2.67. The lowest BCUT2D eigenvalue weighted by molar-refractivity contribution is -0.118. The van der Waals surface area contributed by atoms with Crippen LogP contribution in [0.4, 0.5) is 5.82 Å². The van der Waals surface area contributed by atoms with Crippen LogP contribution in [0.1, 0.15) is 60.1 Å². The summed E-state index contributed by atoms with van der Waals surface area (Å²) in [4.78, 5) is 12.7. The van der Waals surface area contributed by atoms with Crippen LogP contribution < -0.4 is 5.32 Å². The molecule has 0 aromatic carbocycles. The van der Waals surface area contributed by atoms with Crippen molar-refractivity contribution in [3.8, 4) is 0 Å². The Kier molecular flexibility index (Phi) is 5.09. The zero-order chi connectivity index (χ0) is 19.1. The van der Waals surface area contributed by atoms with Crippen molar-refractivity contribution in [3.05, 3.63) is 11.8 Å². The lowest BCUT2D eigenvalue weighted by Crippen LogP contribution is -2.55. The maximum Gasteiger partial charge on any atom is 0.246 e. The summed E-state index contributed by atoms with van der Waals surface area (Å²) in [6.07, 6.45) is 0.758. The van der Waals surface area contributed by atoms with Crippen molar-refractivity contribution in [3.63, 3.8) is 0 Å². The van der Waals surface area contributed by atoms with Crippen LogP contribution in [0.25, 0.3) is 0 Å². The lowest BCUT2D eigenvalue weighted by atomic mass is 9.93. The van der Waals surface area contributed by atoms with Crippen LogP contribution in [0.2, 0.25) is 0 Å². The highest BCUT2D eigenvalue weighted by molar-refractivity contribution is 7.94. The van der Waals surface area contributed by atoms with Crippen molar-refractivity contribution >= 4 is 21.6 Å². The second-order valence-corrected chi connectivity index (χ2v) is 11.4. The summed E-state index contributed by atoms with van der Waals surface area (Å²) < 4.78 is 34.3. The zero-order valence-corrected chi connectivity index (χ0v) is 16.6. The predicted molar refractivity (Wildman–Crippen MR) is 95.3 cm³/mol. The number of carbonyl (C=O) groups excluding carboxylic acids is 1. The average molecular weight is 372 g/mol. The Hall–Kier alpha value is -1.41. The summed E-state index contributed by atoms with van der Waals surface area (Å²) in [5.41, 5.74) is -0.257. The number of hydrogen-bond acceptors (Lipinski definition) is 6. The highest BCUT2D eigenvalue weighted by Crippen LogP contribution is 2.37. The minimum Gasteiger partial charge on any atom is -0.381 e. The van der Waals surface area contributed by atoms with Gasteiger partial charge in [0.2, 0.25) is 5.91 Å². The van der Waals surface area contributed by atoms with Gasteiger partial charge in [-0.2, -0.15) is 0 Å². The van der Waals surface area contributed by atoms with Gasteiger partial charge in [0.05, 0.1) is 4.75 Å². The minimum absolute atomic E-state index is 0.218. The van der Waals surface area contributed by atoms with Gasteiger partial charge in [-0.15, -0.1) is 0 Å². The quantitative estimate of drug-likeness (QED) is 0.872. The molecule has 0 radical (unpaired) electrons. The van der Waals surface area contributed by atoms with E-state index in [0.717, 1.165) is 0 Å². The topological polar surface area (TPSA) is 98.5 Å². The molecular formula is C17H28N2O5S. The number of sulfone groups is 1. The van der Waals surface area contributed by atoms with Crippen molar-refractivity contribution in [2.75, 3.05) is 18.5 Å². The van der Waals surface area contributed by atoms with E-state index in [9.17, 15) is 13.2 Å². The maximum absolute atomic E-state index is 13.2. The third-order valence-corrected chi connectivity index (χ3v) is 8.14. The Morgan fingerprint density at radius 1 is 1.20 bits per heavy atom. The second-order valence-electron chi connectivity index (χ2n) is 8.36. The Bertz CT molecular complexity index is 737. The van der Waals surface area contributed by atoms with Crippen LogP contribution in [0.5, 0.6) is 0 Å². The third-order valence-electron chi connectivity index (χ3n) is 4.91. The first-order valence-electron chi connectivity index (χ1n) is 8.42. The molecule has 0 spiro atoms. The number of amides is 1. The first-order valence-corrected chi connectivity index (χ1v) is 9.90. The summed E-state index contributed by atoms with van der Waals surface area (Å²) >= 11 is 0. The Morgan fingerprint density at radius 3 is 2.24 bits per heavy atom. The van der Waals surface area contributed by atoms with E-state index in [4.69, 9.17) is 9.26 Å². The molecular weight excluding hydrogens is 344 g/mol. The minimum atomic E-state index is -3.75. The van der Waals surface area contributed by atoms with Crippen molar-refractivity contribution in [1.82, 2.24) is 5.16 Å². The molecule has 2 heterocycles. The van der Waals surface area contributed by atoms with Crippen LogP contribution in [0.3, 0.4) is 0 Å². The molecule has 1 saturated heterocycles. The van der Waals surface area contributed by atoms with Gasteiger partial charge in [0, 0.05) is 24.7 Å². The number of aromatic nitrogens is 1. The molecule has 1 amide bonds. The zero-order valence-electron chi connectivity index (χ0n) is 15.8. The number of hydrogen-bond donors (Lipinski definition) is 1. The van der Waals surface area contributed by atoms with Crippen molar-refractivity contribution in [2.45, 2.75) is 69.3 Å². The molecule has 1 aliphatic heterocycles. The Morgan fingerprint density at radius 2 is 1.76 bits per heavy atom. The number of ether oxygens (including phenoxy) is 1. The van der Waals surface area contributed by atoms with Crippen LogP contribution in [-0.4, -0.2) is 42.2 Å². The SMILES string of the molecule is CC(C)(C)c1cc(NC(=O)C(C)(C)S(=O)(=O)C2(C)CCOCC2)no1. The fourth-order valence-electron chi connectivity index (χ4n) is 2.76. The Balaban J connectivity index is 2.23. The van der Waals surface area contributed by atoms with E-state index in [0.29, 0.717) is 31.8 Å². The number of rotatable bonds is 4. The molecule has 25 heavy (non-hydrogen) atoms. The van der Waals surface area contributed by atoms with E-state index in [-0.39, 0.29) is 11.2 Å². The molecule has 0 saturated carbocycles. The molecule has 0 unspecified atom stereocenters. The van der Waals surface area contributed by atoms with Crippen LogP contribution in [-0.2, 0) is 24.8 Å². The van der Waals surface area contributed by atoms with Crippen molar-refractivity contribution in [1.29, 1.82) is 0 Å². The second kappa shape index (κ2) is 6.39. The summed E-state index contributed by atoms with van der Waals surface area (Å²) in [7, 11) is -3.75. The van der Waals surface area contributed by atoms with Gasteiger partial charge in [-0.3, -0.25) is 4.79 Å². The molecule has 1 N–H and O–H groups in total. The van der Waals surface area contributed by atoms with E-state index in [1.165, 1.54) is 13.8 Å². The smallest absolute Gasteiger partial charge is 0.246 e. The number of nitrogens with one attached hydrogen (secondary N) is 1. The van der Waals surface area contributed by atoms with Crippen LogP contribution in [0, 0.1) is 0 Å². The van der Waals surface area contributed by atoms with Gasteiger partial charge in [-0.05, 0) is 33.6 Å². The van der Waals surface area contributed by atoms with Gasteiger partial charge in [0.1, 0.15) is 10.5 Å². The summed E-state index contributed by atoms with van der Waals surface area (Å²) in [6, 6.07) is 1.62. The standard InChI is InChI=1S/C17H28N2O5S/c1-15(2,3)12-11-13(19-24-12)18-14(20)16(4,5)25(21,22)17(6)7-9-23-10-8-17/h11H,7-10H2,1-6H3,(H,18,19,20). The number of carbonyl (C=O) groups is 1. The van der Waals surface area contributed by atoms with E-state index < -0.39 is 25.2 Å². The largest absolute Gasteiger partial charge is 0.381 e. The number of nitrogens with zero attached hydrogens (tertiary/aromatic N) is 1. The van der Waals surface area contributed by atoms with Crippen molar-refractivity contribution < 1.29 is 22.5 Å². The van der Waals surface area contributed by atoms with E-state index in [2.05, 4.69) is 10.5 Å². The lowest BCUT2D eigenvalue weighted by Gasteiger charge is -2.38. The molecule has 1 aromatic heterocycles. The highest BCUT2D eigenvalue weighted by Gasteiger charge is 2.53. The maximum atomic E-state index is 13.2. The molecule has 1 aliphatic rings. The van der Waals surface area contributed by atoms with Crippen molar-refractivity contribution in [2.24, 2.45) is 0 Å². The summed E-state index contributed by atoms with van der Waals surface area (Å²) in [5.74, 6) is 0.212. The fourth-order valence-corrected chi connectivity index (χ4v) is 5.00. The molecule has 1 fully saturated rings. The van der Waals surface area contributed by atoms with Gasteiger partial charge >= 0.3 is 0 Å². The molecule has 142 valence electrons. The summed E-state index contributed by atoms with van der Waals surface area (Å²) in [6.45, 7) is 11.2. The molecule has 2 rings (SSSR count). The normalized spacial score (nSPS) is 18.8. The van der Waals surface area contributed by atoms with Gasteiger partial charge in [-0.25, -0.2) is 8.42 Å². The van der Waals surface area contributed by atoms with Gasteiger partial charge in [-0.1, -0.05) is 25.9 Å². The monoisotopic (exact) mass is 372 g/mol. The van der Waals surface area contributed by atoms with Gasteiger partial charge in [0.25, 0.3) is 0 Å². The van der Waals surface area contributed by atoms with Crippen LogP contribution >= 0.6 is 0 Å². The van der Waals surface area contributed by atoms with Gasteiger partial charge < -0.3 is 14.6 Å². The molecule has 0 atom stereocenters. The first kappa shape index (κ1) is 19.9. The molecule has 7 nitrogen and oxygen atoms in total. The molecule has 1 aromatic rings. The molecule has 8 heteroatoms. The third kappa shape index (κ3) is 3.60. The first-order chi connectivity index (χ1) is 11.3.